The Morgan fingerprint density at radius 1 is 0.971 bits per heavy atom. The number of rotatable bonds is 2. The lowest BCUT2D eigenvalue weighted by Gasteiger charge is -2.40. The molecule has 1 aliphatic heterocycles. The van der Waals surface area contributed by atoms with E-state index in [4.69, 9.17) is 4.98 Å². The summed E-state index contributed by atoms with van der Waals surface area (Å²) in [5.74, 6) is -0.594. The van der Waals surface area contributed by atoms with Gasteiger partial charge in [-0.25, -0.2) is 13.9 Å². The van der Waals surface area contributed by atoms with Gasteiger partial charge in [0.2, 0.25) is 0 Å². The molecule has 1 saturated heterocycles. The lowest BCUT2D eigenvalue weighted by molar-refractivity contribution is -0.139. The van der Waals surface area contributed by atoms with Crippen LogP contribution in [0.2, 0.25) is 0 Å². The molecule has 0 atom stereocenters. The first kappa shape index (κ1) is 22.0. The summed E-state index contributed by atoms with van der Waals surface area (Å²) in [7, 11) is 0. The van der Waals surface area contributed by atoms with Crippen molar-refractivity contribution in [3.05, 3.63) is 77.1 Å². The molecule has 4 heterocycles. The molecule has 9 heteroatoms. The van der Waals surface area contributed by atoms with Crippen molar-refractivity contribution in [2.24, 2.45) is 5.41 Å². The van der Waals surface area contributed by atoms with E-state index in [1.165, 1.54) is 27.9 Å². The van der Waals surface area contributed by atoms with Gasteiger partial charge in [-0.05, 0) is 67.9 Å². The molecule has 2 aliphatic rings. The number of piperidine rings is 1. The topological polar surface area (TPSA) is 46.3 Å². The minimum absolute atomic E-state index is 0.168. The van der Waals surface area contributed by atoms with Gasteiger partial charge in [-0.2, -0.15) is 18.3 Å². The summed E-state index contributed by atoms with van der Waals surface area (Å²) in [6.45, 7) is 3.29. The Hall–Kier alpha value is -3.49. The number of pyridine rings is 1. The first-order valence-corrected chi connectivity index (χ1v) is 11.6. The molecule has 0 N–H and O–H groups in total. The zero-order valence-corrected chi connectivity index (χ0v) is 19.1. The summed E-state index contributed by atoms with van der Waals surface area (Å²) in [5.41, 5.74) is 2.57. The number of hydrogen-bond acceptors (Lipinski definition) is 4. The van der Waals surface area contributed by atoms with E-state index in [0.29, 0.717) is 11.2 Å². The Bertz CT molecular complexity index is 1410. The van der Waals surface area contributed by atoms with Crippen molar-refractivity contribution in [2.45, 2.75) is 38.8 Å². The Labute approximate surface area is 199 Å². The number of halogens is 4. The second-order valence-electron chi connectivity index (χ2n) is 9.61. The molecule has 1 aliphatic carbocycles. The van der Waals surface area contributed by atoms with Crippen LogP contribution in [0.4, 0.5) is 23.4 Å². The van der Waals surface area contributed by atoms with E-state index in [1.807, 2.05) is 12.3 Å². The number of nitrogens with zero attached hydrogens (tertiary/aromatic N) is 5. The van der Waals surface area contributed by atoms with Crippen LogP contribution in [-0.2, 0) is 19.0 Å². The van der Waals surface area contributed by atoms with Gasteiger partial charge < -0.3 is 4.90 Å². The van der Waals surface area contributed by atoms with E-state index in [2.05, 4.69) is 21.0 Å². The molecule has 0 amide bonds. The van der Waals surface area contributed by atoms with Crippen molar-refractivity contribution in [1.82, 2.24) is 19.6 Å². The third kappa shape index (κ3) is 3.56. The zero-order chi connectivity index (χ0) is 24.4. The van der Waals surface area contributed by atoms with Crippen molar-refractivity contribution in [1.29, 1.82) is 0 Å². The molecule has 0 saturated carbocycles. The average molecular weight is 481 g/mol. The fraction of sp³-hybridized carbons (Fsp3) is 0.346. The lowest BCUT2D eigenvalue weighted by Crippen LogP contribution is -2.41. The second kappa shape index (κ2) is 7.76. The molecule has 5 nitrogen and oxygen atoms in total. The third-order valence-corrected chi connectivity index (χ3v) is 7.48. The maximum Gasteiger partial charge on any atom is 0.419 e. The summed E-state index contributed by atoms with van der Waals surface area (Å²) >= 11 is 0. The number of benzene rings is 1. The number of alkyl halides is 3. The van der Waals surface area contributed by atoms with Gasteiger partial charge in [0.1, 0.15) is 11.3 Å². The van der Waals surface area contributed by atoms with Crippen molar-refractivity contribution in [2.75, 3.05) is 18.0 Å². The van der Waals surface area contributed by atoms with Crippen LogP contribution in [0.5, 0.6) is 0 Å². The molecular formula is C26H23F4N5. The number of hydrogen-bond donors (Lipinski definition) is 0. The summed E-state index contributed by atoms with van der Waals surface area (Å²) in [4.78, 5) is 11.5. The van der Waals surface area contributed by atoms with Crippen LogP contribution in [0, 0.1) is 18.2 Å². The Kier molecular flexibility index (Phi) is 4.88. The number of anilines is 1. The maximum absolute atomic E-state index is 15.0. The highest BCUT2D eigenvalue weighted by Crippen LogP contribution is 2.45. The Morgan fingerprint density at radius 3 is 2.51 bits per heavy atom. The van der Waals surface area contributed by atoms with E-state index < -0.39 is 17.6 Å². The van der Waals surface area contributed by atoms with Crippen molar-refractivity contribution in [3.63, 3.8) is 0 Å². The largest absolute Gasteiger partial charge is 0.419 e. The van der Waals surface area contributed by atoms with Crippen LogP contribution < -0.4 is 4.90 Å². The summed E-state index contributed by atoms with van der Waals surface area (Å²) in [5, 5.41) is 4.34. The van der Waals surface area contributed by atoms with Gasteiger partial charge in [0.25, 0.3) is 0 Å². The molecular weight excluding hydrogens is 458 g/mol. The highest BCUT2D eigenvalue weighted by Gasteiger charge is 2.41. The molecule has 6 rings (SSSR count). The van der Waals surface area contributed by atoms with Crippen LogP contribution in [0.15, 0.2) is 48.8 Å². The molecule has 4 aromatic rings. The van der Waals surface area contributed by atoms with Crippen molar-refractivity contribution >= 4 is 11.3 Å². The van der Waals surface area contributed by atoms with Crippen LogP contribution in [0.3, 0.4) is 0 Å². The molecule has 180 valence electrons. The normalized spacial score (nSPS) is 17.3. The number of aromatic nitrogens is 4. The van der Waals surface area contributed by atoms with Gasteiger partial charge in [-0.3, -0.25) is 4.98 Å². The molecule has 1 aromatic carbocycles. The van der Waals surface area contributed by atoms with Crippen LogP contribution in [0.25, 0.3) is 16.8 Å². The van der Waals surface area contributed by atoms with Gasteiger partial charge in [0, 0.05) is 30.5 Å². The molecule has 0 radical (unpaired) electrons. The van der Waals surface area contributed by atoms with Gasteiger partial charge in [0.15, 0.2) is 5.82 Å². The second-order valence-corrected chi connectivity index (χ2v) is 9.61. The summed E-state index contributed by atoms with van der Waals surface area (Å²) in [6, 6.07) is 9.22. The monoisotopic (exact) mass is 481 g/mol. The fourth-order valence-electron chi connectivity index (χ4n) is 5.71. The van der Waals surface area contributed by atoms with Gasteiger partial charge in [-0.1, -0.05) is 12.1 Å². The maximum atomic E-state index is 15.0. The molecule has 0 unspecified atom stereocenters. The first-order valence-electron chi connectivity index (χ1n) is 11.6. The predicted octanol–water partition coefficient (Wildman–Crippen LogP) is 5.64. The number of aryl methyl sites for hydroxylation is 1. The Balaban J connectivity index is 1.34. The molecule has 3 aromatic heterocycles. The molecule has 35 heavy (non-hydrogen) atoms. The van der Waals surface area contributed by atoms with E-state index in [1.54, 1.807) is 19.2 Å². The van der Waals surface area contributed by atoms with Crippen LogP contribution in [-0.4, -0.2) is 32.7 Å². The highest BCUT2D eigenvalue weighted by atomic mass is 19.4. The first-order chi connectivity index (χ1) is 16.8. The van der Waals surface area contributed by atoms with Gasteiger partial charge in [-0.15, -0.1) is 0 Å². The van der Waals surface area contributed by atoms with E-state index in [0.717, 1.165) is 50.7 Å². The van der Waals surface area contributed by atoms with E-state index in [-0.39, 0.29) is 16.7 Å². The SMILES string of the molecule is Cc1nc(N2CCC3(CC2)Cc2cccnc2C3)c2ccnn2c1-c1cccc(C(F)(F)F)c1F. The third-order valence-electron chi connectivity index (χ3n) is 7.48. The molecule has 0 bridgehead atoms. The minimum Gasteiger partial charge on any atom is -0.355 e. The van der Waals surface area contributed by atoms with Crippen molar-refractivity contribution in [3.8, 4) is 11.3 Å². The lowest BCUT2D eigenvalue weighted by atomic mass is 9.76. The quantitative estimate of drug-likeness (QED) is 0.348. The average Bonchev–Trinajstić information content (AvgIpc) is 3.44. The minimum atomic E-state index is -4.79. The summed E-state index contributed by atoms with van der Waals surface area (Å²) in [6.07, 6.45) is 2.64. The standard InChI is InChI=1S/C26H23F4N5/c1-16-23(18-5-2-6-19(22(18)27)26(28,29)30)35-21(7-11-32-35)24(33-16)34-12-8-25(9-13-34)14-17-4-3-10-31-20(17)15-25/h2-7,10-11H,8-9,12-15H2,1H3. The van der Waals surface area contributed by atoms with Crippen LogP contribution >= 0.6 is 0 Å². The highest BCUT2D eigenvalue weighted by molar-refractivity contribution is 5.76. The fourth-order valence-corrected chi connectivity index (χ4v) is 5.71. The zero-order valence-electron chi connectivity index (χ0n) is 19.1. The Morgan fingerprint density at radius 2 is 1.77 bits per heavy atom. The van der Waals surface area contributed by atoms with Crippen LogP contribution in [0.1, 0.15) is 35.4 Å². The van der Waals surface area contributed by atoms with E-state index in [9.17, 15) is 13.2 Å². The molecule has 1 spiro atoms. The smallest absolute Gasteiger partial charge is 0.355 e. The van der Waals surface area contributed by atoms with E-state index >= 15 is 4.39 Å². The summed E-state index contributed by atoms with van der Waals surface area (Å²) < 4.78 is 56.5. The van der Waals surface area contributed by atoms with Gasteiger partial charge in [0.05, 0.1) is 23.1 Å². The number of fused-ring (bicyclic) bond motifs is 2. The van der Waals surface area contributed by atoms with Crippen molar-refractivity contribution < 1.29 is 17.6 Å². The predicted molar refractivity (Wildman–Crippen MR) is 124 cm³/mol. The molecule has 1 fully saturated rings. The van der Waals surface area contributed by atoms with Gasteiger partial charge >= 0.3 is 6.18 Å².